The van der Waals surface area contributed by atoms with Crippen molar-refractivity contribution < 1.29 is 4.74 Å². The first-order valence-electron chi connectivity index (χ1n) is 8.40. The van der Waals surface area contributed by atoms with Crippen LogP contribution in [0.25, 0.3) is 0 Å². The van der Waals surface area contributed by atoms with E-state index in [1.165, 1.54) is 56.4 Å². The molecule has 1 aromatic heterocycles. The Labute approximate surface area is 138 Å². The Kier molecular flexibility index (Phi) is 6.18. The van der Waals surface area contributed by atoms with E-state index >= 15 is 0 Å². The van der Waals surface area contributed by atoms with Gasteiger partial charge in [0.2, 0.25) is 0 Å². The Balaban J connectivity index is 1.46. The molecule has 124 valence electrons. The lowest BCUT2D eigenvalue weighted by Crippen LogP contribution is -2.47. The number of aromatic nitrogens is 2. The largest absolute Gasteiger partial charge is 0.383 e. The first kappa shape index (κ1) is 16.3. The van der Waals surface area contributed by atoms with E-state index in [0.29, 0.717) is 0 Å². The van der Waals surface area contributed by atoms with Crippen LogP contribution in [0.2, 0.25) is 0 Å². The van der Waals surface area contributed by atoms with Crippen molar-refractivity contribution in [3.05, 3.63) is 18.2 Å². The Bertz CT molecular complexity index is 439. The number of likely N-dealkylation sites (tertiary alicyclic amines) is 1. The van der Waals surface area contributed by atoms with E-state index in [9.17, 15) is 0 Å². The van der Waals surface area contributed by atoms with Crippen LogP contribution in [-0.4, -0.2) is 76.8 Å². The molecule has 2 fully saturated rings. The van der Waals surface area contributed by atoms with Gasteiger partial charge in [0.25, 0.3) is 0 Å². The second-order valence-corrected chi connectivity index (χ2v) is 7.41. The van der Waals surface area contributed by atoms with Crippen LogP contribution in [-0.2, 0) is 17.8 Å². The molecule has 2 aliphatic rings. The summed E-state index contributed by atoms with van der Waals surface area (Å²) in [6.45, 7) is 7.59. The summed E-state index contributed by atoms with van der Waals surface area (Å²) in [5.74, 6) is 3.80. The van der Waals surface area contributed by atoms with Crippen LogP contribution in [0.3, 0.4) is 0 Å². The predicted molar refractivity (Wildman–Crippen MR) is 91.3 cm³/mol. The Hall–Kier alpha value is -0.560. The molecular weight excluding hydrogens is 296 g/mol. The standard InChI is InChI=1S/C16H28N4OS/c1-21-11-8-20-7-4-17-16(20)14-18-5-2-15(3-6-18)19-9-12-22-13-10-19/h4,7,15H,2-3,5-6,8-14H2,1H3. The fourth-order valence-electron chi connectivity index (χ4n) is 3.47. The maximum Gasteiger partial charge on any atom is 0.122 e. The lowest BCUT2D eigenvalue weighted by molar-refractivity contribution is 0.109. The van der Waals surface area contributed by atoms with Gasteiger partial charge in [0.15, 0.2) is 0 Å². The Morgan fingerprint density at radius 3 is 2.73 bits per heavy atom. The monoisotopic (exact) mass is 324 g/mol. The number of piperidine rings is 1. The number of ether oxygens (including phenoxy) is 1. The van der Waals surface area contributed by atoms with Crippen molar-refractivity contribution in [2.24, 2.45) is 0 Å². The fraction of sp³-hybridized carbons (Fsp3) is 0.812. The molecule has 3 heterocycles. The summed E-state index contributed by atoms with van der Waals surface area (Å²) < 4.78 is 7.39. The molecule has 5 nitrogen and oxygen atoms in total. The van der Waals surface area contributed by atoms with Crippen molar-refractivity contribution in [3.63, 3.8) is 0 Å². The maximum absolute atomic E-state index is 5.17. The van der Waals surface area contributed by atoms with Crippen LogP contribution < -0.4 is 0 Å². The molecule has 0 radical (unpaired) electrons. The third-order valence-electron chi connectivity index (χ3n) is 4.82. The van der Waals surface area contributed by atoms with Gasteiger partial charge in [0.1, 0.15) is 5.82 Å². The average Bonchev–Trinajstić information content (AvgIpc) is 3.01. The number of hydrogen-bond acceptors (Lipinski definition) is 5. The normalized spacial score (nSPS) is 22.2. The van der Waals surface area contributed by atoms with Crippen molar-refractivity contribution in [3.8, 4) is 0 Å². The van der Waals surface area contributed by atoms with Gasteiger partial charge in [-0.1, -0.05) is 0 Å². The van der Waals surface area contributed by atoms with Crippen LogP contribution in [0.1, 0.15) is 18.7 Å². The molecule has 0 N–H and O–H groups in total. The van der Waals surface area contributed by atoms with Crippen LogP contribution in [0, 0.1) is 0 Å². The number of hydrogen-bond donors (Lipinski definition) is 0. The molecule has 0 bridgehead atoms. The minimum atomic E-state index is 0.748. The molecular formula is C16H28N4OS. The zero-order valence-corrected chi connectivity index (χ0v) is 14.4. The first-order valence-corrected chi connectivity index (χ1v) is 9.55. The Morgan fingerprint density at radius 1 is 1.23 bits per heavy atom. The average molecular weight is 324 g/mol. The van der Waals surface area contributed by atoms with Gasteiger partial charge in [-0.25, -0.2) is 4.98 Å². The van der Waals surface area contributed by atoms with Gasteiger partial charge in [0, 0.05) is 69.8 Å². The van der Waals surface area contributed by atoms with Gasteiger partial charge in [0.05, 0.1) is 13.2 Å². The third kappa shape index (κ3) is 4.25. The van der Waals surface area contributed by atoms with E-state index in [1.807, 2.05) is 6.20 Å². The van der Waals surface area contributed by atoms with E-state index in [0.717, 1.165) is 25.7 Å². The summed E-state index contributed by atoms with van der Waals surface area (Å²) >= 11 is 2.10. The highest BCUT2D eigenvalue weighted by atomic mass is 32.2. The van der Waals surface area contributed by atoms with Crippen LogP contribution in [0.5, 0.6) is 0 Å². The van der Waals surface area contributed by atoms with Crippen LogP contribution in [0.4, 0.5) is 0 Å². The van der Waals surface area contributed by atoms with E-state index in [1.54, 1.807) is 7.11 Å². The molecule has 0 aromatic carbocycles. The molecule has 22 heavy (non-hydrogen) atoms. The smallest absolute Gasteiger partial charge is 0.122 e. The molecule has 0 saturated carbocycles. The second kappa shape index (κ2) is 8.34. The van der Waals surface area contributed by atoms with Gasteiger partial charge < -0.3 is 9.30 Å². The second-order valence-electron chi connectivity index (χ2n) is 6.19. The highest BCUT2D eigenvalue weighted by molar-refractivity contribution is 7.99. The summed E-state index contributed by atoms with van der Waals surface area (Å²) in [7, 11) is 1.75. The fourth-order valence-corrected chi connectivity index (χ4v) is 4.40. The van der Waals surface area contributed by atoms with Gasteiger partial charge in [-0.3, -0.25) is 9.80 Å². The van der Waals surface area contributed by atoms with E-state index in [2.05, 4.69) is 37.3 Å². The molecule has 6 heteroatoms. The van der Waals surface area contributed by atoms with Crippen LogP contribution in [0.15, 0.2) is 12.4 Å². The van der Waals surface area contributed by atoms with Gasteiger partial charge in [-0.05, 0) is 12.8 Å². The summed E-state index contributed by atoms with van der Waals surface area (Å²) in [4.78, 5) is 9.80. The van der Waals surface area contributed by atoms with Crippen molar-refractivity contribution in [2.75, 3.05) is 51.4 Å². The molecule has 0 atom stereocenters. The molecule has 0 aliphatic carbocycles. The summed E-state index contributed by atoms with van der Waals surface area (Å²) in [6.07, 6.45) is 6.59. The molecule has 1 aromatic rings. The lowest BCUT2D eigenvalue weighted by Gasteiger charge is -2.40. The Morgan fingerprint density at radius 2 is 2.00 bits per heavy atom. The highest BCUT2D eigenvalue weighted by Gasteiger charge is 2.26. The zero-order valence-electron chi connectivity index (χ0n) is 13.6. The zero-order chi connectivity index (χ0) is 15.2. The summed E-state index contributed by atoms with van der Waals surface area (Å²) in [5.41, 5.74) is 0. The van der Waals surface area contributed by atoms with Gasteiger partial charge in [-0.15, -0.1) is 0 Å². The van der Waals surface area contributed by atoms with Crippen LogP contribution >= 0.6 is 11.8 Å². The quantitative estimate of drug-likeness (QED) is 0.793. The number of thioether (sulfide) groups is 1. The topological polar surface area (TPSA) is 33.5 Å². The van der Waals surface area contributed by atoms with E-state index < -0.39 is 0 Å². The SMILES string of the molecule is COCCn1ccnc1CN1CCC(N2CCSCC2)CC1. The highest BCUT2D eigenvalue weighted by Crippen LogP contribution is 2.21. The summed E-state index contributed by atoms with van der Waals surface area (Å²) in [6, 6.07) is 0.811. The third-order valence-corrected chi connectivity index (χ3v) is 5.76. The predicted octanol–water partition coefficient (Wildman–Crippen LogP) is 1.54. The van der Waals surface area contributed by atoms with Crippen molar-refractivity contribution >= 4 is 11.8 Å². The summed E-state index contributed by atoms with van der Waals surface area (Å²) in [5, 5.41) is 0. The first-order chi connectivity index (χ1) is 10.9. The van der Waals surface area contributed by atoms with Crippen molar-refractivity contribution in [2.45, 2.75) is 32.0 Å². The molecule has 0 unspecified atom stereocenters. The molecule has 0 spiro atoms. The molecule has 3 rings (SSSR count). The van der Waals surface area contributed by atoms with E-state index in [-0.39, 0.29) is 0 Å². The van der Waals surface area contributed by atoms with Crippen molar-refractivity contribution in [1.82, 2.24) is 19.4 Å². The minimum absolute atomic E-state index is 0.748. The van der Waals surface area contributed by atoms with E-state index in [4.69, 9.17) is 4.74 Å². The maximum atomic E-state index is 5.17. The van der Waals surface area contributed by atoms with Gasteiger partial charge in [-0.2, -0.15) is 11.8 Å². The minimum Gasteiger partial charge on any atom is -0.383 e. The number of rotatable bonds is 6. The van der Waals surface area contributed by atoms with Gasteiger partial charge >= 0.3 is 0 Å². The number of nitrogens with zero attached hydrogens (tertiary/aromatic N) is 4. The number of methoxy groups -OCH3 is 1. The molecule has 2 saturated heterocycles. The lowest BCUT2D eigenvalue weighted by atomic mass is 10.0. The number of imidazole rings is 1. The van der Waals surface area contributed by atoms with Crippen molar-refractivity contribution in [1.29, 1.82) is 0 Å². The molecule has 2 aliphatic heterocycles. The molecule has 0 amide bonds.